The molecule has 0 N–H and O–H groups in total. The number of hydrogen-bond acceptors (Lipinski definition) is 7. The molecule has 2 aromatic carbocycles. The zero-order valence-corrected chi connectivity index (χ0v) is 20.3. The molecule has 10 heteroatoms. The number of ether oxygens (including phenoxy) is 2. The van der Waals surface area contributed by atoms with Crippen LogP contribution >= 0.6 is 0 Å². The summed E-state index contributed by atoms with van der Waals surface area (Å²) in [5.74, 6) is -1.12. The molecule has 0 amide bonds. The number of halogens is 2. The van der Waals surface area contributed by atoms with Gasteiger partial charge in [-0.1, -0.05) is 6.07 Å². The first-order valence-electron chi connectivity index (χ1n) is 11.5. The molecule has 0 radical (unpaired) electrons. The highest BCUT2D eigenvalue weighted by Crippen LogP contribution is 2.31. The van der Waals surface area contributed by atoms with Crippen LogP contribution in [0, 0.1) is 18.6 Å². The highest BCUT2D eigenvalue weighted by Gasteiger charge is 2.19. The van der Waals surface area contributed by atoms with Crippen LogP contribution in [0.5, 0.6) is 17.4 Å². The largest absolute Gasteiger partial charge is 0.481 e. The summed E-state index contributed by atoms with van der Waals surface area (Å²) in [5, 5.41) is 0. The normalized spacial score (nSPS) is 10.9. The number of pyridine rings is 2. The van der Waals surface area contributed by atoms with Gasteiger partial charge in [0.2, 0.25) is 5.88 Å². The van der Waals surface area contributed by atoms with E-state index in [1.54, 1.807) is 25.1 Å². The van der Waals surface area contributed by atoms with Crippen LogP contribution < -0.4 is 15.0 Å². The molecule has 190 valence electrons. The molecule has 0 saturated carbocycles. The Bertz CT molecular complexity index is 1740. The summed E-state index contributed by atoms with van der Waals surface area (Å²) in [5.41, 5.74) is 1.17. The van der Waals surface area contributed by atoms with E-state index >= 15 is 4.39 Å². The summed E-state index contributed by atoms with van der Waals surface area (Å²) in [7, 11) is 1.48. The van der Waals surface area contributed by atoms with Crippen molar-refractivity contribution in [2.75, 3.05) is 7.11 Å². The van der Waals surface area contributed by atoms with Crippen molar-refractivity contribution in [3.8, 4) is 23.1 Å². The van der Waals surface area contributed by atoms with Gasteiger partial charge < -0.3 is 9.47 Å². The van der Waals surface area contributed by atoms with Gasteiger partial charge in [-0.05, 0) is 55.0 Å². The molecule has 0 atom stereocenters. The highest BCUT2D eigenvalue weighted by atomic mass is 19.1. The minimum absolute atomic E-state index is 0.0745. The van der Waals surface area contributed by atoms with Gasteiger partial charge in [-0.3, -0.25) is 19.1 Å². The molecule has 5 rings (SSSR count). The molecule has 0 spiro atoms. The second-order valence-corrected chi connectivity index (χ2v) is 8.35. The van der Waals surface area contributed by atoms with E-state index in [-0.39, 0.29) is 29.2 Å². The number of ketones is 1. The van der Waals surface area contributed by atoms with E-state index in [0.717, 1.165) is 0 Å². The Morgan fingerprint density at radius 3 is 2.50 bits per heavy atom. The molecule has 0 unspecified atom stereocenters. The molecule has 8 nitrogen and oxygen atoms in total. The van der Waals surface area contributed by atoms with Crippen LogP contribution in [0.4, 0.5) is 8.78 Å². The first-order chi connectivity index (χ1) is 18.3. The lowest BCUT2D eigenvalue weighted by molar-refractivity contribution is 0.0990. The van der Waals surface area contributed by atoms with Crippen molar-refractivity contribution < 1.29 is 23.0 Å². The Balaban J connectivity index is 1.40. The van der Waals surface area contributed by atoms with Crippen molar-refractivity contribution >= 4 is 16.8 Å². The van der Waals surface area contributed by atoms with E-state index in [2.05, 4.69) is 15.0 Å². The fourth-order valence-electron chi connectivity index (χ4n) is 3.95. The average Bonchev–Trinajstić information content (AvgIpc) is 2.91. The summed E-state index contributed by atoms with van der Waals surface area (Å²) < 4.78 is 40.4. The highest BCUT2D eigenvalue weighted by molar-refractivity contribution is 5.98. The first kappa shape index (κ1) is 24.7. The quantitative estimate of drug-likeness (QED) is 0.282. The van der Waals surface area contributed by atoms with E-state index < -0.39 is 23.0 Å². The smallest absolute Gasteiger partial charge is 0.269 e. The molecule has 0 aliphatic rings. The molecule has 0 fully saturated rings. The number of carbonyl (C=O) groups excluding carboxylic acids is 1. The number of fused-ring (bicyclic) bond motifs is 1. The molecule has 0 bridgehead atoms. The minimum Gasteiger partial charge on any atom is -0.481 e. The number of Topliss-reactive ketones (excluding diaryl/α,β-unsaturated/α-hetero) is 1. The Morgan fingerprint density at radius 2 is 1.76 bits per heavy atom. The van der Waals surface area contributed by atoms with Crippen LogP contribution in [0.1, 0.15) is 21.6 Å². The summed E-state index contributed by atoms with van der Waals surface area (Å²) in [4.78, 5) is 38.9. The van der Waals surface area contributed by atoms with Crippen molar-refractivity contribution in [3.63, 3.8) is 0 Å². The van der Waals surface area contributed by atoms with Gasteiger partial charge in [0.1, 0.15) is 23.2 Å². The van der Waals surface area contributed by atoms with Crippen molar-refractivity contribution in [2.45, 2.75) is 13.3 Å². The van der Waals surface area contributed by atoms with E-state index in [1.807, 2.05) is 0 Å². The molecule has 0 aliphatic heterocycles. The standard InChI is InChI=1S/C28H20F2N4O4/c1-16-26(28(36)34(15-32-16)19-6-4-18(29)5-7-19)22(35)14-17-3-9-23(20(30)13-17)38-24-11-12-31-21-8-10-25(37-2)33-27(21)24/h3-13,15H,14H2,1-2H3. The number of aromatic nitrogens is 4. The monoisotopic (exact) mass is 514 g/mol. The molecule has 0 aliphatic carbocycles. The Morgan fingerprint density at radius 1 is 0.974 bits per heavy atom. The van der Waals surface area contributed by atoms with E-state index in [4.69, 9.17) is 9.47 Å². The van der Waals surface area contributed by atoms with Crippen LogP contribution in [0.3, 0.4) is 0 Å². The zero-order chi connectivity index (χ0) is 26.8. The number of carbonyl (C=O) groups is 1. The second-order valence-electron chi connectivity index (χ2n) is 8.35. The van der Waals surface area contributed by atoms with Crippen molar-refractivity contribution in [2.24, 2.45) is 0 Å². The van der Waals surface area contributed by atoms with Gasteiger partial charge in [0.25, 0.3) is 5.56 Å². The lowest BCUT2D eigenvalue weighted by Crippen LogP contribution is -2.28. The topological polar surface area (TPSA) is 96.2 Å². The van der Waals surface area contributed by atoms with Crippen LogP contribution in [0.15, 0.2) is 78.0 Å². The SMILES string of the molecule is COc1ccc2nccc(Oc3ccc(CC(=O)c4c(C)ncn(-c5ccc(F)cc5)c4=O)cc3F)c2n1. The number of methoxy groups -OCH3 is 1. The van der Waals surface area contributed by atoms with Crippen molar-refractivity contribution in [3.05, 3.63) is 112 Å². The number of benzene rings is 2. The van der Waals surface area contributed by atoms with Crippen LogP contribution in [-0.4, -0.2) is 32.4 Å². The molecule has 5 aromatic rings. The van der Waals surface area contributed by atoms with E-state index in [0.29, 0.717) is 28.2 Å². The minimum atomic E-state index is -0.699. The lowest BCUT2D eigenvalue weighted by Gasteiger charge is -2.11. The Labute approximate surface area is 215 Å². The molecule has 3 aromatic heterocycles. The molecular weight excluding hydrogens is 494 g/mol. The molecular formula is C28H20F2N4O4. The maximum atomic E-state index is 15.0. The lowest BCUT2D eigenvalue weighted by atomic mass is 10.0. The van der Waals surface area contributed by atoms with Crippen LogP contribution in [-0.2, 0) is 6.42 Å². The third-order valence-corrected chi connectivity index (χ3v) is 5.86. The van der Waals surface area contributed by atoms with Crippen LogP contribution in [0.25, 0.3) is 16.7 Å². The fourth-order valence-corrected chi connectivity index (χ4v) is 3.95. The number of aryl methyl sites for hydroxylation is 1. The predicted octanol–water partition coefficient (Wildman–Crippen LogP) is 4.99. The predicted molar refractivity (Wildman–Crippen MR) is 135 cm³/mol. The van der Waals surface area contributed by atoms with E-state index in [9.17, 15) is 14.0 Å². The van der Waals surface area contributed by atoms with Crippen molar-refractivity contribution in [1.82, 2.24) is 19.5 Å². The summed E-state index contributed by atoms with van der Waals surface area (Å²) in [6.45, 7) is 1.54. The maximum Gasteiger partial charge on any atom is 0.269 e. The summed E-state index contributed by atoms with van der Waals surface area (Å²) in [6, 6.07) is 14.3. The number of hydrogen-bond donors (Lipinski definition) is 0. The van der Waals surface area contributed by atoms with E-state index in [1.165, 1.54) is 66.7 Å². The van der Waals surface area contributed by atoms with Crippen molar-refractivity contribution in [1.29, 1.82) is 0 Å². The van der Waals surface area contributed by atoms with Crippen LogP contribution in [0.2, 0.25) is 0 Å². The number of rotatable bonds is 7. The Hall–Kier alpha value is -4.99. The van der Waals surface area contributed by atoms with Gasteiger partial charge >= 0.3 is 0 Å². The Kier molecular flexibility index (Phi) is 6.61. The van der Waals surface area contributed by atoms with Gasteiger partial charge in [0, 0.05) is 24.8 Å². The second kappa shape index (κ2) is 10.2. The van der Waals surface area contributed by atoms with Gasteiger partial charge in [0.15, 0.2) is 23.1 Å². The number of nitrogens with zero attached hydrogens (tertiary/aromatic N) is 4. The van der Waals surface area contributed by atoms with Gasteiger partial charge in [0.05, 0.1) is 24.0 Å². The maximum absolute atomic E-state index is 15.0. The molecule has 3 heterocycles. The third-order valence-electron chi connectivity index (χ3n) is 5.86. The average molecular weight is 514 g/mol. The fraction of sp³-hybridized carbons (Fsp3) is 0.107. The third kappa shape index (κ3) is 4.83. The summed E-state index contributed by atoms with van der Waals surface area (Å²) in [6.07, 6.45) is 2.56. The summed E-state index contributed by atoms with van der Waals surface area (Å²) >= 11 is 0. The molecule has 38 heavy (non-hydrogen) atoms. The first-order valence-corrected chi connectivity index (χ1v) is 11.5. The zero-order valence-electron chi connectivity index (χ0n) is 20.3. The van der Waals surface area contributed by atoms with Gasteiger partial charge in [-0.25, -0.2) is 18.7 Å². The van der Waals surface area contributed by atoms with Gasteiger partial charge in [-0.2, -0.15) is 0 Å². The van der Waals surface area contributed by atoms with Gasteiger partial charge in [-0.15, -0.1) is 0 Å². The molecule has 0 saturated heterocycles.